The van der Waals surface area contributed by atoms with E-state index in [4.69, 9.17) is 5.73 Å². The summed E-state index contributed by atoms with van der Waals surface area (Å²) < 4.78 is 0. The van der Waals surface area contributed by atoms with Gasteiger partial charge in [0.25, 0.3) is 0 Å². The lowest BCUT2D eigenvalue weighted by atomic mass is 9.68. The van der Waals surface area contributed by atoms with E-state index >= 15 is 0 Å². The highest BCUT2D eigenvalue weighted by molar-refractivity contribution is 5.89. The third-order valence-electron chi connectivity index (χ3n) is 5.56. The summed E-state index contributed by atoms with van der Waals surface area (Å²) in [5.41, 5.74) is 7.35. The van der Waals surface area contributed by atoms with E-state index in [0.717, 1.165) is 31.2 Å². The Hall–Kier alpha value is -1.84. The molecule has 124 valence electrons. The fourth-order valence-corrected chi connectivity index (χ4v) is 4.20. The lowest BCUT2D eigenvalue weighted by Gasteiger charge is -2.39. The number of amides is 2. The molecule has 1 saturated carbocycles. The number of benzene rings is 1. The van der Waals surface area contributed by atoms with Crippen LogP contribution in [0.25, 0.3) is 0 Å². The van der Waals surface area contributed by atoms with Crippen molar-refractivity contribution in [3.8, 4) is 0 Å². The quantitative estimate of drug-likeness (QED) is 0.932. The van der Waals surface area contributed by atoms with Gasteiger partial charge in [-0.25, -0.2) is 0 Å². The van der Waals surface area contributed by atoms with Gasteiger partial charge in [-0.15, -0.1) is 0 Å². The zero-order valence-corrected chi connectivity index (χ0v) is 13.9. The second-order valence-electron chi connectivity index (χ2n) is 7.15. The van der Waals surface area contributed by atoms with E-state index in [-0.39, 0.29) is 17.7 Å². The number of carbonyl (C=O) groups excluding carboxylic acids is 2. The molecule has 1 atom stereocenters. The van der Waals surface area contributed by atoms with Crippen molar-refractivity contribution in [3.63, 3.8) is 0 Å². The SMILES string of the molecule is Cc1cccc(C2(C(=O)N3CC[C@H](C(N)=O)C3)CCCCC2)c1. The molecular weight excluding hydrogens is 288 g/mol. The van der Waals surface area contributed by atoms with Crippen LogP contribution in [-0.4, -0.2) is 29.8 Å². The van der Waals surface area contributed by atoms with E-state index in [1.54, 1.807) is 0 Å². The lowest BCUT2D eigenvalue weighted by molar-refractivity contribution is -0.138. The minimum absolute atomic E-state index is 0.183. The number of primary amides is 1. The first-order valence-corrected chi connectivity index (χ1v) is 8.69. The molecule has 1 aliphatic heterocycles. The first kappa shape index (κ1) is 16.0. The van der Waals surface area contributed by atoms with Crippen LogP contribution in [0.4, 0.5) is 0 Å². The standard InChI is InChI=1S/C19H26N2O2/c1-14-6-5-7-16(12-14)19(9-3-2-4-10-19)18(23)21-11-8-15(13-21)17(20)22/h5-7,12,15H,2-4,8-11,13H2,1H3,(H2,20,22)/t15-/m0/s1. The molecule has 0 unspecified atom stereocenters. The zero-order valence-electron chi connectivity index (χ0n) is 13.9. The summed E-state index contributed by atoms with van der Waals surface area (Å²) in [6.07, 6.45) is 5.90. The van der Waals surface area contributed by atoms with Crippen molar-refractivity contribution >= 4 is 11.8 Å². The summed E-state index contributed by atoms with van der Waals surface area (Å²) in [6.45, 7) is 3.21. The van der Waals surface area contributed by atoms with Gasteiger partial charge in [-0.05, 0) is 31.7 Å². The van der Waals surface area contributed by atoms with Crippen molar-refractivity contribution in [3.05, 3.63) is 35.4 Å². The van der Waals surface area contributed by atoms with Gasteiger partial charge in [0.1, 0.15) is 0 Å². The molecule has 1 aromatic carbocycles. The maximum atomic E-state index is 13.4. The highest BCUT2D eigenvalue weighted by Crippen LogP contribution is 2.42. The number of nitrogens with two attached hydrogens (primary N) is 1. The van der Waals surface area contributed by atoms with E-state index in [2.05, 4.69) is 25.1 Å². The predicted molar refractivity (Wildman–Crippen MR) is 89.8 cm³/mol. The monoisotopic (exact) mass is 314 g/mol. The molecule has 0 aromatic heterocycles. The largest absolute Gasteiger partial charge is 0.369 e. The molecule has 2 N–H and O–H groups in total. The molecule has 4 heteroatoms. The third-order valence-corrected chi connectivity index (χ3v) is 5.56. The third kappa shape index (κ3) is 2.99. The van der Waals surface area contributed by atoms with Crippen molar-refractivity contribution in [1.29, 1.82) is 0 Å². The fraction of sp³-hybridized carbons (Fsp3) is 0.579. The molecule has 1 aromatic rings. The normalized spacial score (nSPS) is 23.7. The second kappa shape index (κ2) is 6.34. The molecule has 0 spiro atoms. The first-order valence-electron chi connectivity index (χ1n) is 8.69. The number of nitrogens with zero attached hydrogens (tertiary/aromatic N) is 1. The molecule has 1 saturated heterocycles. The van der Waals surface area contributed by atoms with E-state index in [9.17, 15) is 9.59 Å². The minimum Gasteiger partial charge on any atom is -0.369 e. The van der Waals surface area contributed by atoms with Crippen LogP contribution in [0.1, 0.15) is 49.7 Å². The van der Waals surface area contributed by atoms with Crippen molar-refractivity contribution in [2.75, 3.05) is 13.1 Å². The van der Waals surface area contributed by atoms with Crippen LogP contribution in [0.15, 0.2) is 24.3 Å². The number of aryl methyl sites for hydroxylation is 1. The fourth-order valence-electron chi connectivity index (χ4n) is 4.20. The molecule has 2 amide bonds. The Balaban J connectivity index is 1.90. The molecule has 3 rings (SSSR count). The average Bonchev–Trinajstić information content (AvgIpc) is 3.05. The van der Waals surface area contributed by atoms with Gasteiger partial charge in [0.05, 0.1) is 11.3 Å². The summed E-state index contributed by atoms with van der Waals surface area (Å²) in [7, 11) is 0. The van der Waals surface area contributed by atoms with Crippen molar-refractivity contribution in [1.82, 2.24) is 4.90 Å². The molecule has 4 nitrogen and oxygen atoms in total. The molecule has 1 heterocycles. The van der Waals surface area contributed by atoms with Gasteiger partial charge in [-0.2, -0.15) is 0 Å². The van der Waals surface area contributed by atoms with E-state index < -0.39 is 5.41 Å². The van der Waals surface area contributed by atoms with Crippen LogP contribution in [-0.2, 0) is 15.0 Å². The highest BCUT2D eigenvalue weighted by atomic mass is 16.2. The highest BCUT2D eigenvalue weighted by Gasteiger charge is 2.45. The van der Waals surface area contributed by atoms with Crippen molar-refractivity contribution < 1.29 is 9.59 Å². The Morgan fingerprint density at radius 2 is 1.96 bits per heavy atom. The van der Waals surface area contributed by atoms with Gasteiger partial charge in [0.15, 0.2) is 0 Å². The molecule has 2 aliphatic rings. The number of hydrogen-bond donors (Lipinski definition) is 1. The average molecular weight is 314 g/mol. The van der Waals surface area contributed by atoms with Crippen LogP contribution < -0.4 is 5.73 Å². The summed E-state index contributed by atoms with van der Waals surface area (Å²) in [5, 5.41) is 0. The smallest absolute Gasteiger partial charge is 0.233 e. The van der Waals surface area contributed by atoms with E-state index in [1.807, 2.05) is 11.0 Å². The van der Waals surface area contributed by atoms with E-state index in [0.29, 0.717) is 19.5 Å². The lowest BCUT2D eigenvalue weighted by Crippen LogP contribution is -2.47. The summed E-state index contributed by atoms with van der Waals surface area (Å²) in [5.74, 6) is -0.266. The van der Waals surface area contributed by atoms with Crippen LogP contribution in [0, 0.1) is 12.8 Å². The second-order valence-corrected chi connectivity index (χ2v) is 7.15. The van der Waals surface area contributed by atoms with Crippen molar-refractivity contribution in [2.45, 2.75) is 50.9 Å². The molecule has 0 radical (unpaired) electrons. The minimum atomic E-state index is -0.406. The molecule has 2 fully saturated rings. The Bertz CT molecular complexity index is 605. The molecule has 1 aliphatic carbocycles. The topological polar surface area (TPSA) is 63.4 Å². The summed E-state index contributed by atoms with van der Waals surface area (Å²) >= 11 is 0. The van der Waals surface area contributed by atoms with Crippen molar-refractivity contribution in [2.24, 2.45) is 11.7 Å². The van der Waals surface area contributed by atoms with Crippen LogP contribution in [0.3, 0.4) is 0 Å². The van der Waals surface area contributed by atoms with Crippen LogP contribution in [0.5, 0.6) is 0 Å². The summed E-state index contributed by atoms with van der Waals surface area (Å²) in [6, 6.07) is 8.37. The Labute approximate surface area is 138 Å². The number of rotatable bonds is 3. The molecule has 0 bridgehead atoms. The Kier molecular flexibility index (Phi) is 4.42. The Morgan fingerprint density at radius 3 is 2.57 bits per heavy atom. The maximum Gasteiger partial charge on any atom is 0.233 e. The van der Waals surface area contributed by atoms with Gasteiger partial charge in [0, 0.05) is 13.1 Å². The van der Waals surface area contributed by atoms with Gasteiger partial charge < -0.3 is 10.6 Å². The van der Waals surface area contributed by atoms with Crippen LogP contribution >= 0.6 is 0 Å². The predicted octanol–water partition coefficient (Wildman–Crippen LogP) is 2.53. The molecule has 23 heavy (non-hydrogen) atoms. The van der Waals surface area contributed by atoms with Gasteiger partial charge >= 0.3 is 0 Å². The number of likely N-dealkylation sites (tertiary alicyclic amines) is 1. The van der Waals surface area contributed by atoms with Crippen LogP contribution in [0.2, 0.25) is 0 Å². The zero-order chi connectivity index (χ0) is 16.4. The molecular formula is C19H26N2O2. The van der Waals surface area contributed by atoms with Gasteiger partial charge in [-0.3, -0.25) is 9.59 Å². The van der Waals surface area contributed by atoms with Gasteiger partial charge in [0.2, 0.25) is 11.8 Å². The van der Waals surface area contributed by atoms with E-state index in [1.165, 1.54) is 12.0 Å². The maximum absolute atomic E-state index is 13.4. The first-order chi connectivity index (χ1) is 11.0. The number of carbonyl (C=O) groups is 2. The summed E-state index contributed by atoms with van der Waals surface area (Å²) in [4.78, 5) is 26.7. The number of hydrogen-bond acceptors (Lipinski definition) is 2. The van der Waals surface area contributed by atoms with Gasteiger partial charge in [-0.1, -0.05) is 49.1 Å². The Morgan fingerprint density at radius 1 is 1.22 bits per heavy atom.